The van der Waals surface area contributed by atoms with Crippen LogP contribution in [0.25, 0.3) is 0 Å². The maximum atomic E-state index is 11.0. The van der Waals surface area contributed by atoms with Crippen LogP contribution in [0.4, 0.5) is 11.5 Å². The van der Waals surface area contributed by atoms with Crippen LogP contribution in [-0.4, -0.2) is 10.9 Å². The number of halogens is 1. The Morgan fingerprint density at radius 3 is 2.76 bits per heavy atom. The summed E-state index contributed by atoms with van der Waals surface area (Å²) < 4.78 is 0.911. The summed E-state index contributed by atoms with van der Waals surface area (Å²) in [5, 5.41) is 3.09. The van der Waals surface area contributed by atoms with Gasteiger partial charge >= 0.3 is 0 Å². The van der Waals surface area contributed by atoms with Gasteiger partial charge in [0.15, 0.2) is 0 Å². The van der Waals surface area contributed by atoms with Crippen LogP contribution in [-0.2, 0) is 0 Å². The number of carbonyl (C=O) groups excluding carboxylic acids is 1. The molecule has 0 bridgehead atoms. The van der Waals surface area contributed by atoms with Crippen molar-refractivity contribution in [2.75, 3.05) is 5.32 Å². The van der Waals surface area contributed by atoms with Crippen molar-refractivity contribution in [1.82, 2.24) is 4.98 Å². The lowest BCUT2D eigenvalue weighted by Gasteiger charge is -2.06. The van der Waals surface area contributed by atoms with Crippen LogP contribution in [0.1, 0.15) is 10.4 Å². The number of nitrogens with one attached hydrogen (secondary N) is 1. The first-order chi connectivity index (χ1) is 8.15. The highest BCUT2D eigenvalue weighted by molar-refractivity contribution is 9.10. The quantitative estimate of drug-likeness (QED) is 0.914. The van der Waals surface area contributed by atoms with Gasteiger partial charge < -0.3 is 11.1 Å². The highest BCUT2D eigenvalue weighted by atomic mass is 79.9. The third-order valence-electron chi connectivity index (χ3n) is 2.15. The van der Waals surface area contributed by atoms with Gasteiger partial charge in [-0.1, -0.05) is 6.07 Å². The zero-order valence-corrected chi connectivity index (χ0v) is 10.4. The molecular weight excluding hydrogens is 282 g/mol. The number of nitrogens with zero attached hydrogens (tertiary/aromatic N) is 1. The first kappa shape index (κ1) is 11.6. The van der Waals surface area contributed by atoms with Gasteiger partial charge in [0.1, 0.15) is 5.82 Å². The lowest BCUT2D eigenvalue weighted by Crippen LogP contribution is -2.10. The average molecular weight is 292 g/mol. The van der Waals surface area contributed by atoms with Gasteiger partial charge in [-0.25, -0.2) is 4.98 Å². The number of carbonyl (C=O) groups is 1. The zero-order valence-electron chi connectivity index (χ0n) is 8.85. The smallest absolute Gasteiger partial charge is 0.248 e. The Labute approximate surface area is 107 Å². The van der Waals surface area contributed by atoms with Crippen LogP contribution in [0.2, 0.25) is 0 Å². The first-order valence-electron chi connectivity index (χ1n) is 4.93. The molecule has 17 heavy (non-hydrogen) atoms. The number of aromatic nitrogens is 1. The van der Waals surface area contributed by atoms with E-state index in [0.717, 1.165) is 10.2 Å². The van der Waals surface area contributed by atoms with Crippen molar-refractivity contribution >= 4 is 33.3 Å². The second-order valence-electron chi connectivity index (χ2n) is 3.43. The Hall–Kier alpha value is -1.88. The molecule has 0 saturated heterocycles. The summed E-state index contributed by atoms with van der Waals surface area (Å²) in [5.74, 6) is 0.257. The molecule has 0 radical (unpaired) electrons. The molecule has 2 rings (SSSR count). The molecule has 0 saturated carbocycles. The minimum atomic E-state index is -0.447. The molecule has 4 nitrogen and oxygen atoms in total. The molecule has 2 aromatic rings. The van der Waals surface area contributed by atoms with E-state index in [0.29, 0.717) is 11.4 Å². The second kappa shape index (κ2) is 4.97. The molecule has 0 spiro atoms. The Morgan fingerprint density at radius 2 is 2.12 bits per heavy atom. The van der Waals surface area contributed by atoms with Gasteiger partial charge in [0.05, 0.1) is 0 Å². The van der Waals surface area contributed by atoms with E-state index in [9.17, 15) is 4.79 Å². The average Bonchev–Trinajstić information content (AvgIpc) is 2.32. The van der Waals surface area contributed by atoms with E-state index in [1.807, 2.05) is 18.2 Å². The molecule has 0 aliphatic rings. The van der Waals surface area contributed by atoms with Crippen molar-refractivity contribution in [2.45, 2.75) is 0 Å². The van der Waals surface area contributed by atoms with E-state index in [-0.39, 0.29) is 0 Å². The van der Waals surface area contributed by atoms with Crippen molar-refractivity contribution in [3.63, 3.8) is 0 Å². The normalized spacial score (nSPS) is 9.94. The molecule has 0 aliphatic heterocycles. The Morgan fingerprint density at radius 1 is 1.29 bits per heavy atom. The Balaban J connectivity index is 2.21. The fourth-order valence-electron chi connectivity index (χ4n) is 1.35. The molecule has 0 fully saturated rings. The third-order valence-corrected chi connectivity index (χ3v) is 2.62. The summed E-state index contributed by atoms with van der Waals surface area (Å²) in [6, 6.07) is 10.7. The van der Waals surface area contributed by atoms with Crippen LogP contribution in [0.5, 0.6) is 0 Å². The number of amides is 1. The second-order valence-corrected chi connectivity index (χ2v) is 4.35. The topological polar surface area (TPSA) is 68.0 Å². The molecule has 1 amide bonds. The largest absolute Gasteiger partial charge is 0.366 e. The number of anilines is 2. The van der Waals surface area contributed by atoms with E-state index in [1.165, 1.54) is 0 Å². The highest BCUT2D eigenvalue weighted by Crippen LogP contribution is 2.17. The van der Waals surface area contributed by atoms with Crippen molar-refractivity contribution in [3.8, 4) is 0 Å². The number of nitrogens with two attached hydrogens (primary N) is 1. The van der Waals surface area contributed by atoms with Gasteiger partial charge in [-0.2, -0.15) is 0 Å². The number of pyridine rings is 1. The van der Waals surface area contributed by atoms with Gasteiger partial charge in [0, 0.05) is 21.9 Å². The van der Waals surface area contributed by atoms with Crippen molar-refractivity contribution < 1.29 is 4.79 Å². The predicted octanol–water partition coefficient (Wildman–Crippen LogP) is 2.69. The van der Waals surface area contributed by atoms with Gasteiger partial charge in [-0.05, 0) is 46.3 Å². The van der Waals surface area contributed by atoms with Crippen molar-refractivity contribution in [1.29, 1.82) is 0 Å². The fraction of sp³-hybridized carbons (Fsp3) is 0. The molecular formula is C12H10BrN3O. The van der Waals surface area contributed by atoms with E-state index < -0.39 is 5.91 Å². The summed E-state index contributed by atoms with van der Waals surface area (Å²) in [5.41, 5.74) is 6.45. The van der Waals surface area contributed by atoms with Gasteiger partial charge in [0.25, 0.3) is 0 Å². The Bertz CT molecular complexity index is 540. The fourth-order valence-corrected chi connectivity index (χ4v) is 1.58. The van der Waals surface area contributed by atoms with Crippen LogP contribution < -0.4 is 11.1 Å². The van der Waals surface area contributed by atoms with Crippen LogP contribution >= 0.6 is 15.9 Å². The van der Waals surface area contributed by atoms with E-state index in [1.54, 1.807) is 24.4 Å². The number of hydrogen-bond acceptors (Lipinski definition) is 3. The van der Waals surface area contributed by atoms with Crippen LogP contribution in [0, 0.1) is 0 Å². The third kappa shape index (κ3) is 3.04. The number of hydrogen-bond donors (Lipinski definition) is 2. The van der Waals surface area contributed by atoms with E-state index in [2.05, 4.69) is 26.2 Å². The summed E-state index contributed by atoms with van der Waals surface area (Å²) in [6.07, 6.45) is 1.69. The van der Waals surface area contributed by atoms with Crippen molar-refractivity contribution in [2.24, 2.45) is 5.73 Å². The molecule has 5 heteroatoms. The molecule has 1 aromatic heterocycles. The van der Waals surface area contributed by atoms with E-state index in [4.69, 9.17) is 5.73 Å². The monoisotopic (exact) mass is 291 g/mol. The summed E-state index contributed by atoms with van der Waals surface area (Å²) >= 11 is 3.31. The Kier molecular flexibility index (Phi) is 3.39. The van der Waals surface area contributed by atoms with Gasteiger partial charge in [-0.15, -0.1) is 0 Å². The number of rotatable bonds is 3. The molecule has 3 N–H and O–H groups in total. The molecule has 0 aliphatic carbocycles. The summed E-state index contributed by atoms with van der Waals surface area (Å²) in [7, 11) is 0. The minimum absolute atomic E-state index is 0.447. The van der Waals surface area contributed by atoms with Gasteiger partial charge in [-0.3, -0.25) is 4.79 Å². The number of benzene rings is 1. The van der Waals surface area contributed by atoms with E-state index >= 15 is 0 Å². The zero-order chi connectivity index (χ0) is 12.3. The van der Waals surface area contributed by atoms with Crippen LogP contribution in [0.3, 0.4) is 0 Å². The van der Waals surface area contributed by atoms with Crippen LogP contribution in [0.15, 0.2) is 47.1 Å². The summed E-state index contributed by atoms with van der Waals surface area (Å²) in [4.78, 5) is 15.2. The predicted molar refractivity (Wildman–Crippen MR) is 70.2 cm³/mol. The SMILES string of the molecule is NC(=O)c1cccc(Nc2ccc(Br)cn2)c1. The first-order valence-corrected chi connectivity index (χ1v) is 5.73. The lowest BCUT2D eigenvalue weighted by atomic mass is 10.2. The lowest BCUT2D eigenvalue weighted by molar-refractivity contribution is 0.100. The highest BCUT2D eigenvalue weighted by Gasteiger charge is 2.01. The maximum Gasteiger partial charge on any atom is 0.248 e. The summed E-state index contributed by atoms with van der Waals surface area (Å²) in [6.45, 7) is 0. The molecule has 1 heterocycles. The molecule has 0 atom stereocenters. The molecule has 86 valence electrons. The number of primary amides is 1. The molecule has 0 unspecified atom stereocenters. The molecule has 1 aromatic carbocycles. The van der Waals surface area contributed by atoms with Gasteiger partial charge in [0.2, 0.25) is 5.91 Å². The van der Waals surface area contributed by atoms with Crippen molar-refractivity contribution in [3.05, 3.63) is 52.6 Å². The minimum Gasteiger partial charge on any atom is -0.366 e. The standard InChI is InChI=1S/C12H10BrN3O/c13-9-4-5-11(15-7-9)16-10-3-1-2-8(6-10)12(14)17/h1-7H,(H2,14,17)(H,15,16). The maximum absolute atomic E-state index is 11.0.